The first-order chi connectivity index (χ1) is 9.08. The largest absolute Gasteiger partial charge is 0.366 e. The van der Waals surface area contributed by atoms with E-state index in [4.69, 9.17) is 4.74 Å². The Hall–Kier alpha value is -1.53. The van der Waals surface area contributed by atoms with E-state index in [1.807, 2.05) is 0 Å². The minimum atomic E-state index is -0.617. The van der Waals surface area contributed by atoms with Crippen molar-refractivity contribution in [1.82, 2.24) is 10.6 Å². The molecule has 19 heavy (non-hydrogen) atoms. The van der Waals surface area contributed by atoms with Crippen molar-refractivity contribution in [2.24, 2.45) is 0 Å². The highest BCUT2D eigenvalue weighted by Gasteiger charge is 2.24. The molecule has 4 nitrogen and oxygen atoms in total. The summed E-state index contributed by atoms with van der Waals surface area (Å²) in [6, 6.07) is 2.56. The number of benzene rings is 1. The van der Waals surface area contributed by atoms with Gasteiger partial charge in [0.1, 0.15) is 17.7 Å². The third kappa shape index (κ3) is 3.48. The molecule has 6 heteroatoms. The molecule has 0 bridgehead atoms. The molecular weight excluding hydrogens is 254 g/mol. The van der Waals surface area contributed by atoms with Crippen molar-refractivity contribution in [3.05, 3.63) is 35.4 Å². The van der Waals surface area contributed by atoms with Gasteiger partial charge in [-0.2, -0.15) is 0 Å². The lowest BCUT2D eigenvalue weighted by atomic mass is 10.1. The highest BCUT2D eigenvalue weighted by molar-refractivity contribution is 5.81. The number of ether oxygens (including phenoxy) is 1. The van der Waals surface area contributed by atoms with Crippen LogP contribution in [0.25, 0.3) is 0 Å². The van der Waals surface area contributed by atoms with Crippen molar-refractivity contribution in [3.63, 3.8) is 0 Å². The molecule has 2 atom stereocenters. The Morgan fingerprint density at radius 2 is 2.32 bits per heavy atom. The van der Waals surface area contributed by atoms with Crippen LogP contribution in [0.1, 0.15) is 18.5 Å². The van der Waals surface area contributed by atoms with E-state index in [0.717, 1.165) is 18.2 Å². The van der Waals surface area contributed by atoms with Crippen LogP contribution in [-0.2, 0) is 9.53 Å². The maximum absolute atomic E-state index is 13.6. The summed E-state index contributed by atoms with van der Waals surface area (Å²) in [6.07, 6.45) is -0.590. The molecule has 0 spiro atoms. The number of nitrogens with one attached hydrogen (secondary N) is 2. The maximum Gasteiger partial charge on any atom is 0.250 e. The van der Waals surface area contributed by atoms with Gasteiger partial charge < -0.3 is 15.4 Å². The molecule has 2 rings (SSSR count). The predicted molar refractivity (Wildman–Crippen MR) is 65.5 cm³/mol. The molecule has 1 aromatic rings. The monoisotopic (exact) mass is 270 g/mol. The van der Waals surface area contributed by atoms with E-state index in [0.29, 0.717) is 19.7 Å². The van der Waals surface area contributed by atoms with Crippen LogP contribution in [0.2, 0.25) is 0 Å². The predicted octanol–water partition coefficient (Wildman–Crippen LogP) is 1.13. The van der Waals surface area contributed by atoms with Gasteiger partial charge in [0.05, 0.1) is 12.6 Å². The number of hydrogen-bond donors (Lipinski definition) is 2. The zero-order valence-electron chi connectivity index (χ0n) is 10.6. The van der Waals surface area contributed by atoms with Gasteiger partial charge in [0.15, 0.2) is 0 Å². The van der Waals surface area contributed by atoms with Crippen LogP contribution in [-0.4, -0.2) is 31.7 Å². The SMILES string of the molecule is CC(NC(=O)C1CNCCO1)c1cc(F)ccc1F. The minimum absolute atomic E-state index is 0.122. The van der Waals surface area contributed by atoms with E-state index in [1.54, 1.807) is 6.92 Å². The van der Waals surface area contributed by atoms with Crippen molar-refractivity contribution in [1.29, 1.82) is 0 Å². The second-order valence-corrected chi connectivity index (χ2v) is 4.46. The smallest absolute Gasteiger partial charge is 0.250 e. The molecule has 1 aliphatic heterocycles. The van der Waals surface area contributed by atoms with Crippen molar-refractivity contribution < 1.29 is 18.3 Å². The Labute approximate surface area is 110 Å². The van der Waals surface area contributed by atoms with Gasteiger partial charge in [-0.25, -0.2) is 8.78 Å². The van der Waals surface area contributed by atoms with E-state index >= 15 is 0 Å². The summed E-state index contributed by atoms with van der Waals surface area (Å²) in [4.78, 5) is 11.9. The molecule has 104 valence electrons. The summed E-state index contributed by atoms with van der Waals surface area (Å²) in [7, 11) is 0. The average molecular weight is 270 g/mol. The lowest BCUT2D eigenvalue weighted by Gasteiger charge is -2.24. The number of halogens is 2. The normalized spacial score (nSPS) is 20.9. The van der Waals surface area contributed by atoms with Gasteiger partial charge in [-0.1, -0.05) is 0 Å². The lowest BCUT2D eigenvalue weighted by Crippen LogP contribution is -2.48. The molecule has 0 aromatic heterocycles. The fourth-order valence-corrected chi connectivity index (χ4v) is 1.96. The first-order valence-corrected chi connectivity index (χ1v) is 6.15. The fourth-order valence-electron chi connectivity index (χ4n) is 1.96. The number of hydrogen-bond acceptors (Lipinski definition) is 3. The first kappa shape index (κ1) is 13.9. The summed E-state index contributed by atoms with van der Waals surface area (Å²) >= 11 is 0. The number of amides is 1. The topological polar surface area (TPSA) is 50.4 Å². The molecule has 1 aliphatic rings. The first-order valence-electron chi connectivity index (χ1n) is 6.15. The highest BCUT2D eigenvalue weighted by atomic mass is 19.1. The Kier molecular flexibility index (Phi) is 4.44. The van der Waals surface area contributed by atoms with E-state index in [-0.39, 0.29) is 11.5 Å². The molecule has 0 radical (unpaired) electrons. The van der Waals surface area contributed by atoms with Crippen LogP contribution < -0.4 is 10.6 Å². The van der Waals surface area contributed by atoms with Gasteiger partial charge in [0.25, 0.3) is 5.91 Å². The van der Waals surface area contributed by atoms with Gasteiger partial charge in [-0.05, 0) is 25.1 Å². The second kappa shape index (κ2) is 6.08. The molecule has 0 saturated carbocycles. The molecule has 0 aliphatic carbocycles. The number of carbonyl (C=O) groups is 1. The summed E-state index contributed by atoms with van der Waals surface area (Å²) < 4.78 is 31.9. The molecule has 1 amide bonds. The van der Waals surface area contributed by atoms with Crippen LogP contribution in [0.15, 0.2) is 18.2 Å². The minimum Gasteiger partial charge on any atom is -0.366 e. The molecule has 2 unspecified atom stereocenters. The molecule has 2 N–H and O–H groups in total. The van der Waals surface area contributed by atoms with Crippen LogP contribution >= 0.6 is 0 Å². The Bertz CT molecular complexity index is 462. The molecular formula is C13H16F2N2O2. The summed E-state index contributed by atoms with van der Waals surface area (Å²) in [6.45, 7) is 3.19. The van der Waals surface area contributed by atoms with E-state index in [2.05, 4.69) is 10.6 Å². The van der Waals surface area contributed by atoms with E-state index in [9.17, 15) is 13.6 Å². The third-order valence-corrected chi connectivity index (χ3v) is 3.00. The molecule has 1 saturated heterocycles. The van der Waals surface area contributed by atoms with Crippen LogP contribution in [0.4, 0.5) is 8.78 Å². The van der Waals surface area contributed by atoms with Crippen LogP contribution in [0, 0.1) is 11.6 Å². The Morgan fingerprint density at radius 1 is 1.53 bits per heavy atom. The Morgan fingerprint density at radius 3 is 3.00 bits per heavy atom. The molecule has 1 fully saturated rings. The summed E-state index contributed by atoms with van der Waals surface area (Å²) in [5.74, 6) is -1.41. The van der Waals surface area contributed by atoms with Gasteiger partial charge in [-0.3, -0.25) is 4.79 Å². The number of rotatable bonds is 3. The second-order valence-electron chi connectivity index (χ2n) is 4.46. The van der Waals surface area contributed by atoms with E-state index in [1.165, 1.54) is 0 Å². The van der Waals surface area contributed by atoms with Gasteiger partial charge in [0, 0.05) is 18.7 Å². The van der Waals surface area contributed by atoms with Crippen LogP contribution in [0.3, 0.4) is 0 Å². The summed E-state index contributed by atoms with van der Waals surface area (Å²) in [5.41, 5.74) is 0.122. The van der Waals surface area contributed by atoms with Gasteiger partial charge in [0.2, 0.25) is 0 Å². The Balaban J connectivity index is 2.01. The summed E-state index contributed by atoms with van der Waals surface area (Å²) in [5, 5.41) is 5.65. The quantitative estimate of drug-likeness (QED) is 0.865. The van der Waals surface area contributed by atoms with Gasteiger partial charge in [-0.15, -0.1) is 0 Å². The average Bonchev–Trinajstić information content (AvgIpc) is 2.42. The van der Waals surface area contributed by atoms with Crippen molar-refractivity contribution in [2.75, 3.05) is 19.7 Å². The van der Waals surface area contributed by atoms with Crippen LogP contribution in [0.5, 0.6) is 0 Å². The zero-order chi connectivity index (χ0) is 13.8. The standard InChI is InChI=1S/C13H16F2N2O2/c1-8(10-6-9(14)2-3-11(10)15)17-13(18)12-7-16-4-5-19-12/h2-3,6,8,12,16H,4-5,7H2,1H3,(H,17,18). The fraction of sp³-hybridized carbons (Fsp3) is 0.462. The van der Waals surface area contributed by atoms with Crippen molar-refractivity contribution >= 4 is 5.91 Å². The number of morpholine rings is 1. The highest BCUT2D eigenvalue weighted by Crippen LogP contribution is 2.18. The molecule has 1 heterocycles. The number of carbonyl (C=O) groups excluding carboxylic acids is 1. The van der Waals surface area contributed by atoms with Crippen molar-refractivity contribution in [2.45, 2.75) is 19.1 Å². The zero-order valence-corrected chi connectivity index (χ0v) is 10.6. The van der Waals surface area contributed by atoms with Crippen molar-refractivity contribution in [3.8, 4) is 0 Å². The van der Waals surface area contributed by atoms with E-state index < -0.39 is 23.8 Å². The van der Waals surface area contributed by atoms with Gasteiger partial charge >= 0.3 is 0 Å². The lowest BCUT2D eigenvalue weighted by molar-refractivity contribution is -0.134. The third-order valence-electron chi connectivity index (χ3n) is 3.00. The maximum atomic E-state index is 13.6. The molecule has 1 aromatic carbocycles.